The van der Waals surface area contributed by atoms with E-state index in [2.05, 4.69) is 5.32 Å². The van der Waals surface area contributed by atoms with Crippen LogP contribution in [-0.4, -0.2) is 12.5 Å². The maximum atomic E-state index is 13.2. The smallest absolute Gasteiger partial charge is 0.252 e. The van der Waals surface area contributed by atoms with Crippen molar-refractivity contribution in [2.75, 3.05) is 6.54 Å². The molecular weight excluding hydrogens is 267 g/mol. The fraction of sp³-hybridized carbons (Fsp3) is 0.235. The number of nitrogens with one attached hydrogen (secondary N) is 1. The zero-order valence-corrected chi connectivity index (χ0v) is 12.0. The molecule has 0 aromatic heterocycles. The Kier molecular flexibility index (Phi) is 5.06. The number of benzene rings is 2. The Hall–Kier alpha value is -2.20. The minimum atomic E-state index is -0.308. The normalized spacial score (nSPS) is 12.0. The summed E-state index contributed by atoms with van der Waals surface area (Å²) in [6.45, 7) is 2.32. The van der Waals surface area contributed by atoms with Crippen molar-refractivity contribution in [1.29, 1.82) is 0 Å². The molecule has 1 amide bonds. The molecule has 3 nitrogen and oxygen atoms in total. The summed E-state index contributed by atoms with van der Waals surface area (Å²) in [4.78, 5) is 12.4. The van der Waals surface area contributed by atoms with Crippen molar-refractivity contribution in [1.82, 2.24) is 5.32 Å². The maximum absolute atomic E-state index is 13.2. The summed E-state index contributed by atoms with van der Waals surface area (Å²) in [6.07, 6.45) is 0.651. The van der Waals surface area contributed by atoms with Gasteiger partial charge in [-0.3, -0.25) is 4.79 Å². The van der Waals surface area contributed by atoms with Crippen LogP contribution in [0.15, 0.2) is 48.5 Å². The lowest BCUT2D eigenvalue weighted by molar-refractivity contribution is 0.0939. The van der Waals surface area contributed by atoms with Gasteiger partial charge in [-0.15, -0.1) is 0 Å². The van der Waals surface area contributed by atoms with Crippen LogP contribution in [0.1, 0.15) is 34.5 Å². The highest BCUT2D eigenvalue weighted by atomic mass is 19.1. The molecule has 0 aliphatic carbocycles. The Morgan fingerprint density at radius 3 is 2.71 bits per heavy atom. The lowest BCUT2D eigenvalue weighted by atomic mass is 10.0. The predicted octanol–water partition coefficient (Wildman–Crippen LogP) is 2.82. The molecule has 110 valence electrons. The Balaban J connectivity index is 2.14. The van der Waals surface area contributed by atoms with Crippen LogP contribution in [0.3, 0.4) is 0 Å². The van der Waals surface area contributed by atoms with E-state index in [1.807, 2.05) is 25.1 Å². The number of amides is 1. The third-order valence-electron chi connectivity index (χ3n) is 3.37. The summed E-state index contributed by atoms with van der Waals surface area (Å²) in [6, 6.07) is 13.4. The first-order valence-electron chi connectivity index (χ1n) is 6.96. The second kappa shape index (κ2) is 6.99. The first-order chi connectivity index (χ1) is 10.1. The zero-order chi connectivity index (χ0) is 15.2. The number of hydrogen-bond donors (Lipinski definition) is 2. The highest BCUT2D eigenvalue weighted by Crippen LogP contribution is 2.16. The molecule has 0 saturated heterocycles. The van der Waals surface area contributed by atoms with Crippen molar-refractivity contribution in [3.63, 3.8) is 0 Å². The van der Waals surface area contributed by atoms with E-state index in [9.17, 15) is 9.18 Å². The fourth-order valence-electron chi connectivity index (χ4n) is 2.25. The van der Waals surface area contributed by atoms with Crippen LogP contribution in [0.2, 0.25) is 0 Å². The highest BCUT2D eigenvalue weighted by molar-refractivity contribution is 5.95. The monoisotopic (exact) mass is 286 g/mol. The number of rotatable bonds is 5. The van der Waals surface area contributed by atoms with Crippen LogP contribution in [0, 0.1) is 5.82 Å². The average molecular weight is 286 g/mol. The molecule has 2 aromatic rings. The number of carbonyl (C=O) groups is 1. The molecule has 0 radical (unpaired) electrons. The van der Waals surface area contributed by atoms with Gasteiger partial charge < -0.3 is 11.1 Å². The van der Waals surface area contributed by atoms with E-state index in [1.165, 1.54) is 12.1 Å². The number of hydrogen-bond acceptors (Lipinski definition) is 2. The van der Waals surface area contributed by atoms with E-state index in [0.717, 1.165) is 11.1 Å². The molecule has 2 aromatic carbocycles. The Bertz CT molecular complexity index is 628. The molecule has 21 heavy (non-hydrogen) atoms. The maximum Gasteiger partial charge on any atom is 0.252 e. The third kappa shape index (κ3) is 3.89. The first kappa shape index (κ1) is 15.2. The summed E-state index contributed by atoms with van der Waals surface area (Å²) in [5.74, 6) is -0.479. The van der Waals surface area contributed by atoms with Crippen molar-refractivity contribution in [2.24, 2.45) is 5.73 Å². The molecule has 0 fully saturated rings. The van der Waals surface area contributed by atoms with E-state index in [1.54, 1.807) is 18.2 Å². The lowest BCUT2D eigenvalue weighted by Gasteiger charge is -2.16. The largest absolute Gasteiger partial charge is 0.346 e. The first-order valence-corrected chi connectivity index (χ1v) is 6.96. The van der Waals surface area contributed by atoms with Crippen molar-refractivity contribution >= 4 is 5.91 Å². The van der Waals surface area contributed by atoms with Gasteiger partial charge in [0.1, 0.15) is 5.82 Å². The van der Waals surface area contributed by atoms with Crippen LogP contribution in [0.4, 0.5) is 4.39 Å². The molecule has 3 N–H and O–H groups in total. The minimum absolute atomic E-state index is 0.171. The molecule has 1 unspecified atom stereocenters. The quantitative estimate of drug-likeness (QED) is 0.888. The van der Waals surface area contributed by atoms with Crippen LogP contribution in [0.5, 0.6) is 0 Å². The molecule has 0 aliphatic rings. The molecule has 0 spiro atoms. The SMILES string of the molecule is CC(NC(=O)c1ccccc1CCN)c1cccc(F)c1. The van der Waals surface area contributed by atoms with Crippen LogP contribution in [-0.2, 0) is 6.42 Å². The number of halogens is 1. The summed E-state index contributed by atoms with van der Waals surface area (Å²) in [5.41, 5.74) is 7.84. The van der Waals surface area contributed by atoms with Gasteiger partial charge in [0.25, 0.3) is 5.91 Å². The van der Waals surface area contributed by atoms with Gasteiger partial charge >= 0.3 is 0 Å². The van der Waals surface area contributed by atoms with E-state index >= 15 is 0 Å². The summed E-state index contributed by atoms with van der Waals surface area (Å²) < 4.78 is 13.2. The predicted molar refractivity (Wildman–Crippen MR) is 81.5 cm³/mol. The fourth-order valence-corrected chi connectivity index (χ4v) is 2.25. The molecule has 0 aliphatic heterocycles. The number of carbonyl (C=O) groups excluding carboxylic acids is 1. The van der Waals surface area contributed by atoms with Crippen molar-refractivity contribution in [3.8, 4) is 0 Å². The second-order valence-electron chi connectivity index (χ2n) is 4.95. The Labute approximate surface area is 124 Å². The van der Waals surface area contributed by atoms with Gasteiger partial charge in [0.2, 0.25) is 0 Å². The topological polar surface area (TPSA) is 55.1 Å². The van der Waals surface area contributed by atoms with Gasteiger partial charge in [-0.05, 0) is 49.2 Å². The van der Waals surface area contributed by atoms with Gasteiger partial charge in [0, 0.05) is 5.56 Å². The average Bonchev–Trinajstić information content (AvgIpc) is 2.48. The second-order valence-corrected chi connectivity index (χ2v) is 4.95. The van der Waals surface area contributed by atoms with Gasteiger partial charge in [-0.25, -0.2) is 4.39 Å². The molecule has 2 rings (SSSR count). The molecule has 0 saturated carbocycles. The van der Waals surface area contributed by atoms with Gasteiger partial charge in [0.05, 0.1) is 6.04 Å². The van der Waals surface area contributed by atoms with Crippen LogP contribution < -0.4 is 11.1 Å². The zero-order valence-electron chi connectivity index (χ0n) is 12.0. The van der Waals surface area contributed by atoms with Crippen LogP contribution >= 0.6 is 0 Å². The van der Waals surface area contributed by atoms with Crippen LogP contribution in [0.25, 0.3) is 0 Å². The standard InChI is InChI=1S/C17H19FN2O/c1-12(14-6-4-7-15(18)11-14)20-17(21)16-8-3-2-5-13(16)9-10-19/h2-8,11-12H,9-10,19H2,1H3,(H,20,21). The van der Waals surface area contributed by atoms with Crippen molar-refractivity contribution < 1.29 is 9.18 Å². The molecule has 0 heterocycles. The summed E-state index contributed by atoms with van der Waals surface area (Å²) in [7, 11) is 0. The lowest BCUT2D eigenvalue weighted by Crippen LogP contribution is -2.28. The minimum Gasteiger partial charge on any atom is -0.346 e. The summed E-state index contributed by atoms with van der Waals surface area (Å²) >= 11 is 0. The van der Waals surface area contributed by atoms with E-state index in [-0.39, 0.29) is 17.8 Å². The molecule has 4 heteroatoms. The van der Waals surface area contributed by atoms with E-state index in [4.69, 9.17) is 5.73 Å². The van der Waals surface area contributed by atoms with Gasteiger partial charge in [-0.1, -0.05) is 30.3 Å². The molecular formula is C17H19FN2O. The molecule has 0 bridgehead atoms. The molecule has 1 atom stereocenters. The summed E-state index contributed by atoms with van der Waals surface area (Å²) in [5, 5.41) is 2.89. The van der Waals surface area contributed by atoms with Crippen molar-refractivity contribution in [3.05, 3.63) is 71.0 Å². The van der Waals surface area contributed by atoms with Crippen molar-refractivity contribution in [2.45, 2.75) is 19.4 Å². The Morgan fingerprint density at radius 1 is 1.24 bits per heavy atom. The Morgan fingerprint density at radius 2 is 2.00 bits per heavy atom. The van der Waals surface area contributed by atoms with Gasteiger partial charge in [0.15, 0.2) is 0 Å². The van der Waals surface area contributed by atoms with Gasteiger partial charge in [-0.2, -0.15) is 0 Å². The van der Waals surface area contributed by atoms with E-state index in [0.29, 0.717) is 18.5 Å². The van der Waals surface area contributed by atoms with E-state index < -0.39 is 0 Å². The highest BCUT2D eigenvalue weighted by Gasteiger charge is 2.14. The number of nitrogens with two attached hydrogens (primary N) is 1. The third-order valence-corrected chi connectivity index (χ3v) is 3.37.